The van der Waals surface area contributed by atoms with Gasteiger partial charge in [-0.05, 0) is 35.8 Å². The van der Waals surface area contributed by atoms with E-state index in [9.17, 15) is 4.79 Å². The van der Waals surface area contributed by atoms with Gasteiger partial charge in [-0.1, -0.05) is 19.9 Å². The van der Waals surface area contributed by atoms with Crippen LogP contribution in [0.5, 0.6) is 5.75 Å². The third-order valence-corrected chi connectivity index (χ3v) is 3.01. The third kappa shape index (κ3) is 2.73. The number of ether oxygens (including phenoxy) is 2. The second kappa shape index (κ2) is 5.25. The fraction of sp³-hybridized carbons (Fsp3) is 0.400. The molecular weight excluding hydrogens is 228 g/mol. The zero-order valence-corrected chi connectivity index (χ0v) is 11.0. The summed E-state index contributed by atoms with van der Waals surface area (Å²) >= 11 is 0. The van der Waals surface area contributed by atoms with Gasteiger partial charge in [0.05, 0.1) is 13.0 Å². The van der Waals surface area contributed by atoms with Crippen molar-refractivity contribution < 1.29 is 14.3 Å². The highest BCUT2D eigenvalue weighted by Gasteiger charge is 2.16. The van der Waals surface area contributed by atoms with Gasteiger partial charge in [0.1, 0.15) is 11.5 Å². The molecule has 96 valence electrons. The van der Waals surface area contributed by atoms with E-state index in [2.05, 4.69) is 0 Å². The average molecular weight is 246 g/mol. The number of esters is 1. The smallest absolute Gasteiger partial charge is 0.313 e. The molecule has 1 aromatic rings. The minimum absolute atomic E-state index is 0.0943. The molecule has 0 saturated heterocycles. The fourth-order valence-corrected chi connectivity index (χ4v) is 1.90. The predicted molar refractivity (Wildman–Crippen MR) is 70.2 cm³/mol. The Balaban J connectivity index is 2.17. The van der Waals surface area contributed by atoms with Gasteiger partial charge >= 0.3 is 5.97 Å². The number of carbonyl (C=O) groups excluding carboxylic acids is 1. The number of carbonyl (C=O) groups is 1. The number of aryl methyl sites for hydroxylation is 1. The highest BCUT2D eigenvalue weighted by atomic mass is 16.5. The first kappa shape index (κ1) is 12.7. The molecular formula is C15H18O3. The quantitative estimate of drug-likeness (QED) is 0.768. The van der Waals surface area contributed by atoms with E-state index in [0.717, 1.165) is 29.9 Å². The molecule has 3 heteroatoms. The summed E-state index contributed by atoms with van der Waals surface area (Å²) < 4.78 is 10.6. The summed E-state index contributed by atoms with van der Waals surface area (Å²) in [6.45, 7) is 3.68. The van der Waals surface area contributed by atoms with E-state index in [-0.39, 0.29) is 11.9 Å². The SMILES string of the molecule is COc1ccc2c(c1)CCC(OC(=O)C(C)C)=C2. The van der Waals surface area contributed by atoms with Crippen LogP contribution >= 0.6 is 0 Å². The molecule has 0 aliphatic heterocycles. The van der Waals surface area contributed by atoms with Crippen molar-refractivity contribution in [3.8, 4) is 5.75 Å². The van der Waals surface area contributed by atoms with Crippen LogP contribution < -0.4 is 4.74 Å². The fourth-order valence-electron chi connectivity index (χ4n) is 1.90. The van der Waals surface area contributed by atoms with Crippen LogP contribution in [0.2, 0.25) is 0 Å². The molecule has 0 spiro atoms. The standard InChI is InChI=1S/C15H18O3/c1-10(2)15(16)18-14-7-5-11-8-13(17-3)6-4-12(11)9-14/h4,6,8-10H,5,7H2,1-3H3. The summed E-state index contributed by atoms with van der Waals surface area (Å²) in [6.07, 6.45) is 3.58. The summed E-state index contributed by atoms with van der Waals surface area (Å²) in [5.74, 6) is 1.36. The Morgan fingerprint density at radius 3 is 2.72 bits per heavy atom. The summed E-state index contributed by atoms with van der Waals surface area (Å²) in [5, 5.41) is 0. The van der Waals surface area contributed by atoms with E-state index in [0.29, 0.717) is 0 Å². The monoisotopic (exact) mass is 246 g/mol. The number of benzene rings is 1. The van der Waals surface area contributed by atoms with Crippen molar-refractivity contribution in [1.82, 2.24) is 0 Å². The van der Waals surface area contributed by atoms with Crippen LogP contribution in [0.25, 0.3) is 6.08 Å². The maximum atomic E-state index is 11.5. The van der Waals surface area contributed by atoms with E-state index in [1.807, 2.05) is 38.1 Å². The average Bonchev–Trinajstić information content (AvgIpc) is 2.37. The first-order chi connectivity index (χ1) is 8.60. The van der Waals surface area contributed by atoms with Gasteiger partial charge in [-0.25, -0.2) is 0 Å². The van der Waals surface area contributed by atoms with Gasteiger partial charge in [0, 0.05) is 6.42 Å². The van der Waals surface area contributed by atoms with Crippen LogP contribution in [-0.4, -0.2) is 13.1 Å². The molecule has 0 N–H and O–H groups in total. The van der Waals surface area contributed by atoms with E-state index in [1.165, 1.54) is 5.56 Å². The summed E-state index contributed by atoms with van der Waals surface area (Å²) in [5.41, 5.74) is 2.34. The molecule has 1 aromatic carbocycles. The molecule has 0 bridgehead atoms. The zero-order valence-electron chi connectivity index (χ0n) is 11.0. The number of rotatable bonds is 3. The van der Waals surface area contributed by atoms with Gasteiger partial charge in [-0.15, -0.1) is 0 Å². The summed E-state index contributed by atoms with van der Waals surface area (Å²) in [6, 6.07) is 5.95. The molecule has 3 nitrogen and oxygen atoms in total. The molecule has 0 fully saturated rings. The maximum Gasteiger partial charge on any atom is 0.313 e. The Morgan fingerprint density at radius 2 is 2.06 bits per heavy atom. The minimum atomic E-state index is -0.168. The van der Waals surface area contributed by atoms with Gasteiger partial charge in [0.2, 0.25) is 0 Å². The van der Waals surface area contributed by atoms with Crippen molar-refractivity contribution in [2.45, 2.75) is 26.7 Å². The minimum Gasteiger partial charge on any atom is -0.497 e. The van der Waals surface area contributed by atoms with E-state index in [1.54, 1.807) is 7.11 Å². The molecule has 18 heavy (non-hydrogen) atoms. The van der Waals surface area contributed by atoms with Crippen molar-refractivity contribution in [2.75, 3.05) is 7.11 Å². The van der Waals surface area contributed by atoms with Crippen LogP contribution in [-0.2, 0) is 16.0 Å². The van der Waals surface area contributed by atoms with Crippen molar-refractivity contribution in [3.05, 3.63) is 35.1 Å². The lowest BCUT2D eigenvalue weighted by Gasteiger charge is -2.17. The first-order valence-corrected chi connectivity index (χ1v) is 6.19. The molecule has 0 radical (unpaired) electrons. The number of fused-ring (bicyclic) bond motifs is 1. The number of methoxy groups -OCH3 is 1. The lowest BCUT2D eigenvalue weighted by molar-refractivity contribution is -0.143. The second-order valence-electron chi connectivity index (χ2n) is 4.75. The molecule has 0 amide bonds. The van der Waals surface area contributed by atoms with Crippen molar-refractivity contribution in [2.24, 2.45) is 5.92 Å². The highest BCUT2D eigenvalue weighted by Crippen LogP contribution is 2.28. The molecule has 0 heterocycles. The third-order valence-electron chi connectivity index (χ3n) is 3.01. The number of allylic oxidation sites excluding steroid dienone is 1. The second-order valence-corrected chi connectivity index (χ2v) is 4.75. The zero-order chi connectivity index (χ0) is 13.1. The van der Waals surface area contributed by atoms with Gasteiger partial charge in [0.25, 0.3) is 0 Å². The summed E-state index contributed by atoms with van der Waals surface area (Å²) in [4.78, 5) is 11.5. The largest absolute Gasteiger partial charge is 0.497 e. The van der Waals surface area contributed by atoms with Crippen molar-refractivity contribution >= 4 is 12.0 Å². The van der Waals surface area contributed by atoms with E-state index in [4.69, 9.17) is 9.47 Å². The molecule has 1 aliphatic carbocycles. The number of hydrogen-bond donors (Lipinski definition) is 0. The van der Waals surface area contributed by atoms with Crippen LogP contribution in [0.3, 0.4) is 0 Å². The molecule has 0 unspecified atom stereocenters. The van der Waals surface area contributed by atoms with Crippen LogP contribution in [0.15, 0.2) is 24.0 Å². The molecule has 1 aliphatic rings. The summed E-state index contributed by atoms with van der Waals surface area (Å²) in [7, 11) is 1.66. The maximum absolute atomic E-state index is 11.5. The lowest BCUT2D eigenvalue weighted by Crippen LogP contribution is -2.13. The van der Waals surface area contributed by atoms with Gasteiger partial charge in [-0.2, -0.15) is 0 Å². The van der Waals surface area contributed by atoms with Gasteiger partial charge < -0.3 is 9.47 Å². The van der Waals surface area contributed by atoms with Crippen LogP contribution in [0.1, 0.15) is 31.4 Å². The Kier molecular flexibility index (Phi) is 3.70. The predicted octanol–water partition coefficient (Wildman–Crippen LogP) is 3.18. The van der Waals surface area contributed by atoms with Crippen molar-refractivity contribution in [3.63, 3.8) is 0 Å². The van der Waals surface area contributed by atoms with Crippen molar-refractivity contribution in [1.29, 1.82) is 0 Å². The van der Waals surface area contributed by atoms with Crippen LogP contribution in [0, 0.1) is 5.92 Å². The molecule has 0 atom stereocenters. The first-order valence-electron chi connectivity index (χ1n) is 6.19. The highest BCUT2D eigenvalue weighted by molar-refractivity contribution is 5.74. The lowest BCUT2D eigenvalue weighted by atomic mass is 9.96. The van der Waals surface area contributed by atoms with Crippen LogP contribution in [0.4, 0.5) is 0 Å². The molecule has 0 aromatic heterocycles. The Labute approximate surface area is 107 Å². The van der Waals surface area contributed by atoms with E-state index < -0.39 is 0 Å². The Hall–Kier alpha value is -1.77. The Bertz CT molecular complexity index is 487. The normalized spacial score (nSPS) is 13.9. The van der Waals surface area contributed by atoms with Gasteiger partial charge in [-0.3, -0.25) is 4.79 Å². The topological polar surface area (TPSA) is 35.5 Å². The Morgan fingerprint density at radius 1 is 1.28 bits per heavy atom. The number of hydrogen-bond acceptors (Lipinski definition) is 3. The van der Waals surface area contributed by atoms with E-state index >= 15 is 0 Å². The molecule has 2 rings (SSSR count). The molecule has 0 saturated carbocycles. The van der Waals surface area contributed by atoms with Gasteiger partial charge in [0.15, 0.2) is 0 Å².